The maximum absolute atomic E-state index is 11.8. The molecular formula is C15H22BrNO3. The van der Waals surface area contributed by atoms with Crippen LogP contribution in [0.2, 0.25) is 0 Å². The van der Waals surface area contributed by atoms with Crippen molar-refractivity contribution < 1.29 is 14.3 Å². The predicted octanol–water partition coefficient (Wildman–Crippen LogP) is 2.84. The van der Waals surface area contributed by atoms with Gasteiger partial charge in [0.15, 0.2) is 0 Å². The molecule has 1 unspecified atom stereocenters. The quantitative estimate of drug-likeness (QED) is 0.549. The van der Waals surface area contributed by atoms with E-state index in [1.54, 1.807) is 0 Å². The minimum atomic E-state index is -0.167. The predicted molar refractivity (Wildman–Crippen MR) is 81.5 cm³/mol. The number of piperidine rings is 1. The normalized spacial score (nSPS) is 21.9. The lowest BCUT2D eigenvalue weighted by molar-refractivity contribution is -0.146. The van der Waals surface area contributed by atoms with E-state index >= 15 is 0 Å². The highest BCUT2D eigenvalue weighted by Gasteiger charge is 2.28. The zero-order valence-corrected chi connectivity index (χ0v) is 13.5. The van der Waals surface area contributed by atoms with Gasteiger partial charge in [0.1, 0.15) is 13.2 Å². The number of likely N-dealkylation sites (tertiary alicyclic amines) is 1. The van der Waals surface area contributed by atoms with E-state index in [-0.39, 0.29) is 5.97 Å². The largest absolute Gasteiger partial charge is 0.462 e. The van der Waals surface area contributed by atoms with Crippen LogP contribution in [-0.4, -0.2) is 43.8 Å². The van der Waals surface area contributed by atoms with Crippen molar-refractivity contribution in [3.63, 3.8) is 0 Å². The van der Waals surface area contributed by atoms with Gasteiger partial charge in [-0.2, -0.15) is 0 Å². The maximum atomic E-state index is 11.8. The van der Waals surface area contributed by atoms with Crippen LogP contribution in [0.3, 0.4) is 0 Å². The zero-order valence-electron chi connectivity index (χ0n) is 11.9. The Balaban J connectivity index is 1.83. The molecule has 1 aliphatic heterocycles. The molecule has 0 radical (unpaired) electrons. The van der Waals surface area contributed by atoms with Crippen molar-refractivity contribution in [3.8, 4) is 0 Å². The Bertz CT molecular complexity index is 406. The van der Waals surface area contributed by atoms with Gasteiger partial charge in [0.2, 0.25) is 0 Å². The van der Waals surface area contributed by atoms with E-state index in [2.05, 4.69) is 33.0 Å². The second-order valence-electron chi connectivity index (χ2n) is 5.09. The Labute approximate surface area is 128 Å². The highest BCUT2D eigenvalue weighted by Crippen LogP contribution is 2.36. The molecule has 0 saturated carbocycles. The average Bonchev–Trinajstić information content (AvgIpc) is 2.43. The van der Waals surface area contributed by atoms with E-state index in [0.717, 1.165) is 19.4 Å². The Morgan fingerprint density at radius 1 is 1.45 bits per heavy atom. The molecule has 2 aliphatic rings. The number of esters is 1. The molecule has 0 aromatic heterocycles. The molecule has 20 heavy (non-hydrogen) atoms. The van der Waals surface area contributed by atoms with Crippen LogP contribution in [-0.2, 0) is 14.3 Å². The van der Waals surface area contributed by atoms with Crippen LogP contribution in [0.1, 0.15) is 26.2 Å². The summed E-state index contributed by atoms with van der Waals surface area (Å²) in [7, 11) is 0. The summed E-state index contributed by atoms with van der Waals surface area (Å²) in [6, 6.07) is 0. The van der Waals surface area contributed by atoms with Crippen LogP contribution in [0.25, 0.3) is 0 Å². The minimum absolute atomic E-state index is 0.167. The van der Waals surface area contributed by atoms with Gasteiger partial charge in [-0.05, 0) is 36.7 Å². The van der Waals surface area contributed by atoms with Gasteiger partial charge in [-0.15, -0.1) is 0 Å². The number of fused-ring (bicyclic) bond motifs is 1. The second-order valence-corrected chi connectivity index (χ2v) is 6.11. The molecule has 0 bridgehead atoms. The second kappa shape index (κ2) is 7.84. The first kappa shape index (κ1) is 15.6. The lowest BCUT2D eigenvalue weighted by atomic mass is 9.88. The number of hydrogen-bond acceptors (Lipinski definition) is 4. The fourth-order valence-electron chi connectivity index (χ4n) is 2.72. The fourth-order valence-corrected chi connectivity index (χ4v) is 3.24. The zero-order chi connectivity index (χ0) is 14.4. The summed E-state index contributed by atoms with van der Waals surface area (Å²) in [5, 5.41) is 0. The van der Waals surface area contributed by atoms with Crippen LogP contribution in [0.4, 0.5) is 0 Å². The summed E-state index contributed by atoms with van der Waals surface area (Å²) in [6.45, 7) is 4.68. The van der Waals surface area contributed by atoms with Crippen molar-refractivity contribution in [1.82, 2.24) is 4.90 Å². The van der Waals surface area contributed by atoms with Gasteiger partial charge < -0.3 is 14.4 Å². The first-order chi connectivity index (χ1) is 9.70. The van der Waals surface area contributed by atoms with Crippen molar-refractivity contribution >= 4 is 21.9 Å². The number of nitrogens with zero attached hydrogens (tertiary/aromatic N) is 1. The van der Waals surface area contributed by atoms with E-state index < -0.39 is 0 Å². The fraction of sp³-hybridized carbons (Fsp3) is 0.667. The molecule has 0 aromatic carbocycles. The average molecular weight is 344 g/mol. The molecule has 0 aromatic rings. The third-order valence-corrected chi connectivity index (χ3v) is 4.24. The van der Waals surface area contributed by atoms with Crippen molar-refractivity contribution in [2.24, 2.45) is 5.92 Å². The molecule has 0 N–H and O–H groups in total. The van der Waals surface area contributed by atoms with Gasteiger partial charge in [0.25, 0.3) is 0 Å². The molecule has 4 nitrogen and oxygen atoms in total. The standard InChI is InChI=1S/C15H22BrNO3/c1-2-19-8-9-20-15(18)11-17-7-3-4-12-10-13(16)5-6-14(12)17/h5-6,12H,2-4,7-11H2,1H3. The molecule has 1 atom stereocenters. The van der Waals surface area contributed by atoms with Crippen LogP contribution < -0.4 is 0 Å². The van der Waals surface area contributed by atoms with Gasteiger partial charge in [0, 0.05) is 24.8 Å². The number of carbonyl (C=O) groups is 1. The Morgan fingerprint density at radius 3 is 3.10 bits per heavy atom. The summed E-state index contributed by atoms with van der Waals surface area (Å²) in [5.41, 5.74) is 1.28. The van der Waals surface area contributed by atoms with Crippen LogP contribution in [0, 0.1) is 5.92 Å². The van der Waals surface area contributed by atoms with Crippen LogP contribution in [0.5, 0.6) is 0 Å². The molecule has 1 heterocycles. The van der Waals surface area contributed by atoms with E-state index in [0.29, 0.717) is 32.3 Å². The highest BCUT2D eigenvalue weighted by molar-refractivity contribution is 9.11. The molecule has 0 amide bonds. The van der Waals surface area contributed by atoms with Crippen molar-refractivity contribution in [1.29, 1.82) is 0 Å². The minimum Gasteiger partial charge on any atom is -0.462 e. The van der Waals surface area contributed by atoms with E-state index in [4.69, 9.17) is 9.47 Å². The first-order valence-electron chi connectivity index (χ1n) is 7.25. The number of halogens is 1. The van der Waals surface area contributed by atoms with Gasteiger partial charge in [-0.1, -0.05) is 22.0 Å². The summed E-state index contributed by atoms with van der Waals surface area (Å²) in [4.78, 5) is 14.0. The SMILES string of the molecule is CCOCCOC(=O)CN1CCCC2CC(Br)=CC=C21. The van der Waals surface area contributed by atoms with Crippen molar-refractivity contribution in [3.05, 3.63) is 22.3 Å². The third-order valence-electron chi connectivity index (χ3n) is 3.66. The van der Waals surface area contributed by atoms with Crippen LogP contribution >= 0.6 is 15.9 Å². The van der Waals surface area contributed by atoms with Gasteiger partial charge in [-0.3, -0.25) is 4.79 Å². The number of carbonyl (C=O) groups excluding carboxylic acids is 1. The molecule has 112 valence electrons. The molecule has 2 rings (SSSR count). The Kier molecular flexibility index (Phi) is 6.10. The Morgan fingerprint density at radius 2 is 2.30 bits per heavy atom. The van der Waals surface area contributed by atoms with Gasteiger partial charge in [-0.25, -0.2) is 0 Å². The maximum Gasteiger partial charge on any atom is 0.325 e. The lowest BCUT2D eigenvalue weighted by Crippen LogP contribution is -2.38. The van der Waals surface area contributed by atoms with Gasteiger partial charge in [0.05, 0.1) is 6.61 Å². The number of rotatable bonds is 6. The number of ether oxygens (including phenoxy) is 2. The summed E-state index contributed by atoms with van der Waals surface area (Å²) in [6.07, 6.45) is 7.59. The van der Waals surface area contributed by atoms with Crippen LogP contribution in [0.15, 0.2) is 22.3 Å². The summed E-state index contributed by atoms with van der Waals surface area (Å²) < 4.78 is 11.6. The highest BCUT2D eigenvalue weighted by atomic mass is 79.9. The summed E-state index contributed by atoms with van der Waals surface area (Å²) >= 11 is 3.56. The van der Waals surface area contributed by atoms with Crippen molar-refractivity contribution in [2.75, 3.05) is 32.9 Å². The Hall–Kier alpha value is -0.810. The number of hydrogen-bond donors (Lipinski definition) is 0. The third kappa shape index (κ3) is 4.35. The molecule has 1 fully saturated rings. The molecule has 1 aliphatic carbocycles. The van der Waals surface area contributed by atoms with E-state index in [1.807, 2.05) is 6.92 Å². The molecule has 1 saturated heterocycles. The number of allylic oxidation sites excluding steroid dienone is 4. The smallest absolute Gasteiger partial charge is 0.325 e. The van der Waals surface area contributed by atoms with E-state index in [1.165, 1.54) is 16.6 Å². The lowest BCUT2D eigenvalue weighted by Gasteiger charge is -2.38. The van der Waals surface area contributed by atoms with Crippen molar-refractivity contribution in [2.45, 2.75) is 26.2 Å². The topological polar surface area (TPSA) is 38.8 Å². The summed E-state index contributed by atoms with van der Waals surface area (Å²) in [5.74, 6) is 0.374. The monoisotopic (exact) mass is 343 g/mol. The first-order valence-corrected chi connectivity index (χ1v) is 8.04. The van der Waals surface area contributed by atoms with Gasteiger partial charge >= 0.3 is 5.97 Å². The molecule has 5 heteroatoms. The van der Waals surface area contributed by atoms with E-state index in [9.17, 15) is 4.79 Å². The molecular weight excluding hydrogens is 322 g/mol. The molecule has 0 spiro atoms.